The molecule has 6 nitrogen and oxygen atoms in total. The summed E-state index contributed by atoms with van der Waals surface area (Å²) < 4.78 is 6.08. The Morgan fingerprint density at radius 3 is 2.82 bits per heavy atom. The molecule has 28 heavy (non-hydrogen) atoms. The lowest BCUT2D eigenvalue weighted by molar-refractivity contribution is -0.121. The summed E-state index contributed by atoms with van der Waals surface area (Å²) in [5.74, 6) is 0.0973. The predicted octanol–water partition coefficient (Wildman–Crippen LogP) is 2.94. The molecule has 1 aromatic heterocycles. The highest BCUT2D eigenvalue weighted by Gasteiger charge is 2.38. The van der Waals surface area contributed by atoms with Gasteiger partial charge in [0.25, 0.3) is 0 Å². The monoisotopic (exact) mass is 402 g/mol. The summed E-state index contributed by atoms with van der Waals surface area (Å²) in [6.45, 7) is 6.47. The molecule has 0 bridgehead atoms. The second kappa shape index (κ2) is 8.23. The molecule has 0 aliphatic carbocycles. The first-order valence-electron chi connectivity index (χ1n) is 9.90. The van der Waals surface area contributed by atoms with E-state index in [0.29, 0.717) is 25.5 Å². The maximum Gasteiger partial charge on any atom is 0.220 e. The van der Waals surface area contributed by atoms with Crippen LogP contribution in [0.1, 0.15) is 41.5 Å². The number of carbonyl (C=O) groups is 1. The topological polar surface area (TPSA) is 70.2 Å². The van der Waals surface area contributed by atoms with Crippen molar-refractivity contribution in [2.75, 3.05) is 19.7 Å². The van der Waals surface area contributed by atoms with Crippen LogP contribution in [0.3, 0.4) is 0 Å². The first kappa shape index (κ1) is 19.4. The largest absolute Gasteiger partial charge is 0.371 e. The van der Waals surface area contributed by atoms with Crippen molar-refractivity contribution >= 4 is 17.5 Å². The summed E-state index contributed by atoms with van der Waals surface area (Å²) >= 11 is 5.98. The molecule has 4 rings (SSSR count). The van der Waals surface area contributed by atoms with Crippen molar-refractivity contribution in [3.63, 3.8) is 0 Å². The van der Waals surface area contributed by atoms with Crippen molar-refractivity contribution in [3.8, 4) is 0 Å². The van der Waals surface area contributed by atoms with Gasteiger partial charge < -0.3 is 10.1 Å². The molecule has 0 saturated carbocycles. The number of aromatic nitrogens is 2. The Kier molecular flexibility index (Phi) is 5.71. The number of nitrogens with one attached hydrogen (secondary N) is 2. The predicted molar refractivity (Wildman–Crippen MR) is 108 cm³/mol. The molecule has 1 aromatic carbocycles. The van der Waals surface area contributed by atoms with Crippen LogP contribution in [0.4, 0.5) is 0 Å². The van der Waals surface area contributed by atoms with Gasteiger partial charge in [-0.05, 0) is 43.5 Å². The number of benzene rings is 1. The van der Waals surface area contributed by atoms with Crippen LogP contribution in [0.15, 0.2) is 24.3 Å². The molecule has 0 radical (unpaired) electrons. The third-order valence-electron chi connectivity index (χ3n) is 5.97. The lowest BCUT2D eigenvalue weighted by Crippen LogP contribution is -2.43. The Morgan fingerprint density at radius 1 is 1.32 bits per heavy atom. The zero-order chi connectivity index (χ0) is 19.7. The number of carbonyl (C=O) groups excluding carboxylic acids is 1. The van der Waals surface area contributed by atoms with Gasteiger partial charge in [0.05, 0.1) is 18.4 Å². The van der Waals surface area contributed by atoms with Gasteiger partial charge in [0.15, 0.2) is 0 Å². The molecular formula is C21H27ClN4O2. The highest BCUT2D eigenvalue weighted by atomic mass is 35.5. The average Bonchev–Trinajstić information content (AvgIpc) is 3.23. The van der Waals surface area contributed by atoms with Gasteiger partial charge in [0, 0.05) is 48.7 Å². The van der Waals surface area contributed by atoms with Crippen molar-refractivity contribution in [2.24, 2.45) is 0 Å². The molecule has 3 heterocycles. The van der Waals surface area contributed by atoms with Crippen LogP contribution in [0.25, 0.3) is 0 Å². The zero-order valence-electron chi connectivity index (χ0n) is 16.4. The molecule has 0 spiro atoms. The lowest BCUT2D eigenvalue weighted by Gasteiger charge is -2.35. The highest BCUT2D eigenvalue weighted by molar-refractivity contribution is 6.30. The summed E-state index contributed by atoms with van der Waals surface area (Å²) in [6, 6.07) is 8.43. The van der Waals surface area contributed by atoms with E-state index in [2.05, 4.69) is 20.4 Å². The molecule has 150 valence electrons. The van der Waals surface area contributed by atoms with Crippen molar-refractivity contribution in [1.29, 1.82) is 0 Å². The van der Waals surface area contributed by atoms with Gasteiger partial charge in [-0.25, -0.2) is 0 Å². The van der Waals surface area contributed by atoms with Gasteiger partial charge in [-0.3, -0.25) is 14.8 Å². The summed E-state index contributed by atoms with van der Waals surface area (Å²) in [4.78, 5) is 14.8. The third-order valence-corrected chi connectivity index (χ3v) is 6.22. The summed E-state index contributed by atoms with van der Waals surface area (Å²) in [7, 11) is 0. The summed E-state index contributed by atoms with van der Waals surface area (Å²) in [6.07, 6.45) is 2.15. The number of hydrogen-bond acceptors (Lipinski definition) is 4. The Morgan fingerprint density at radius 2 is 2.11 bits per heavy atom. The first-order chi connectivity index (χ1) is 13.5. The van der Waals surface area contributed by atoms with E-state index in [-0.39, 0.29) is 18.1 Å². The first-order valence-corrected chi connectivity index (χ1v) is 10.3. The third kappa shape index (κ3) is 4.24. The van der Waals surface area contributed by atoms with E-state index in [0.717, 1.165) is 47.0 Å². The molecule has 2 aliphatic heterocycles. The number of aromatic amines is 1. The number of halogens is 1. The van der Waals surface area contributed by atoms with E-state index in [9.17, 15) is 4.79 Å². The van der Waals surface area contributed by atoms with Crippen LogP contribution in [-0.2, 0) is 16.0 Å². The number of aryl methyl sites for hydroxylation is 2. The maximum absolute atomic E-state index is 12.4. The molecule has 2 saturated heterocycles. The van der Waals surface area contributed by atoms with Crippen molar-refractivity contribution in [3.05, 3.63) is 51.8 Å². The number of amides is 1. The van der Waals surface area contributed by atoms with E-state index in [1.165, 1.54) is 0 Å². The van der Waals surface area contributed by atoms with Crippen LogP contribution in [-0.4, -0.2) is 52.8 Å². The van der Waals surface area contributed by atoms with Crippen LogP contribution in [0.2, 0.25) is 5.02 Å². The van der Waals surface area contributed by atoms with E-state index in [1.54, 1.807) is 0 Å². The molecule has 2 aromatic rings. The summed E-state index contributed by atoms with van der Waals surface area (Å²) in [5, 5.41) is 11.2. The van der Waals surface area contributed by atoms with E-state index in [4.69, 9.17) is 16.3 Å². The molecule has 0 unspecified atom stereocenters. The number of hydrogen-bond donors (Lipinski definition) is 2. The molecule has 2 aliphatic rings. The normalized spacial score (nSPS) is 24.9. The fraction of sp³-hybridized carbons (Fsp3) is 0.524. The van der Waals surface area contributed by atoms with E-state index >= 15 is 0 Å². The standard InChI is InChI=1S/C21H27ClN4O2/c1-13-14(2)24-25-19(13)7-8-21(27)23-17-9-18-12-28-20(11-26(18)10-17)15-3-5-16(22)6-4-15/h3-6,17-18,20H,7-12H2,1-2H3,(H,23,27)(H,24,25)/t17-,18-,20+/m0/s1. The zero-order valence-corrected chi connectivity index (χ0v) is 17.1. The average molecular weight is 403 g/mol. The Balaban J connectivity index is 1.27. The fourth-order valence-electron chi connectivity index (χ4n) is 4.17. The smallest absolute Gasteiger partial charge is 0.220 e. The molecular weight excluding hydrogens is 376 g/mol. The minimum atomic E-state index is 0.0637. The maximum atomic E-state index is 12.4. The second-order valence-corrected chi connectivity index (χ2v) is 8.34. The number of H-pyrrole nitrogens is 1. The second-order valence-electron chi connectivity index (χ2n) is 7.90. The quantitative estimate of drug-likeness (QED) is 0.806. The van der Waals surface area contributed by atoms with Gasteiger partial charge in [0.2, 0.25) is 5.91 Å². The molecule has 7 heteroatoms. The Labute approximate surface area is 170 Å². The molecule has 2 N–H and O–H groups in total. The van der Waals surface area contributed by atoms with Gasteiger partial charge >= 0.3 is 0 Å². The minimum Gasteiger partial charge on any atom is -0.371 e. The number of fused-ring (bicyclic) bond motifs is 1. The van der Waals surface area contributed by atoms with Crippen LogP contribution >= 0.6 is 11.6 Å². The lowest BCUT2D eigenvalue weighted by atomic mass is 10.1. The van der Waals surface area contributed by atoms with Gasteiger partial charge in [-0.15, -0.1) is 0 Å². The number of morpholine rings is 1. The Hall–Kier alpha value is -1.89. The van der Waals surface area contributed by atoms with Crippen LogP contribution in [0.5, 0.6) is 0 Å². The van der Waals surface area contributed by atoms with Gasteiger partial charge in [-0.1, -0.05) is 23.7 Å². The Bertz CT molecular complexity index is 835. The molecule has 1 amide bonds. The number of nitrogens with zero attached hydrogens (tertiary/aromatic N) is 2. The molecule has 3 atom stereocenters. The van der Waals surface area contributed by atoms with Gasteiger partial charge in [-0.2, -0.15) is 5.10 Å². The van der Waals surface area contributed by atoms with Crippen LogP contribution in [0, 0.1) is 13.8 Å². The minimum absolute atomic E-state index is 0.0637. The van der Waals surface area contributed by atoms with Gasteiger partial charge in [0.1, 0.15) is 0 Å². The SMILES string of the molecule is Cc1[nH]nc(CCC(=O)N[C@H]2C[C@H]3CO[C@@H](c4ccc(Cl)cc4)CN3C2)c1C. The summed E-state index contributed by atoms with van der Waals surface area (Å²) in [5.41, 5.74) is 4.35. The van der Waals surface area contributed by atoms with E-state index in [1.807, 2.05) is 38.1 Å². The van der Waals surface area contributed by atoms with Crippen molar-refractivity contribution in [2.45, 2.75) is 51.3 Å². The van der Waals surface area contributed by atoms with Crippen LogP contribution < -0.4 is 5.32 Å². The number of ether oxygens (including phenoxy) is 1. The van der Waals surface area contributed by atoms with Crippen molar-refractivity contribution in [1.82, 2.24) is 20.4 Å². The fourth-order valence-corrected chi connectivity index (χ4v) is 4.29. The highest BCUT2D eigenvalue weighted by Crippen LogP contribution is 2.30. The van der Waals surface area contributed by atoms with Crippen molar-refractivity contribution < 1.29 is 9.53 Å². The number of rotatable bonds is 5. The van der Waals surface area contributed by atoms with E-state index < -0.39 is 0 Å². The molecule has 2 fully saturated rings.